The Morgan fingerprint density at radius 3 is 2.95 bits per heavy atom. The highest BCUT2D eigenvalue weighted by atomic mass is 16.3. The molecule has 0 amide bonds. The van der Waals surface area contributed by atoms with Crippen LogP contribution >= 0.6 is 0 Å². The lowest BCUT2D eigenvalue weighted by Crippen LogP contribution is -2.20. The molecule has 0 atom stereocenters. The molecule has 1 aliphatic carbocycles. The third-order valence-corrected chi connectivity index (χ3v) is 3.75. The minimum atomic E-state index is 0.412. The molecular weight excluding hydrogens is 240 g/mol. The van der Waals surface area contributed by atoms with Crippen LogP contribution in [-0.4, -0.2) is 17.3 Å². The van der Waals surface area contributed by atoms with Crippen molar-refractivity contribution in [2.24, 2.45) is 5.92 Å². The maximum absolute atomic E-state index is 11.2. The van der Waals surface area contributed by atoms with E-state index in [0.717, 1.165) is 49.0 Å². The average molecular weight is 258 g/mol. The zero-order valence-corrected chi connectivity index (χ0v) is 11.1. The van der Waals surface area contributed by atoms with Gasteiger partial charge in [0.25, 0.3) is 0 Å². The van der Waals surface area contributed by atoms with Gasteiger partial charge in [-0.2, -0.15) is 0 Å². The van der Waals surface area contributed by atoms with Crippen LogP contribution in [0.1, 0.15) is 31.6 Å². The number of nitrogens with one attached hydrogen (secondary N) is 1. The molecule has 1 saturated carbocycles. The second kappa shape index (κ2) is 5.03. The summed E-state index contributed by atoms with van der Waals surface area (Å²) in [4.78, 5) is 15.5. The van der Waals surface area contributed by atoms with E-state index in [1.807, 2.05) is 25.1 Å². The first-order valence-corrected chi connectivity index (χ1v) is 6.83. The van der Waals surface area contributed by atoms with Crippen molar-refractivity contribution in [2.45, 2.75) is 32.6 Å². The summed E-state index contributed by atoms with van der Waals surface area (Å²) in [5, 5.41) is 3.43. The third-order valence-electron chi connectivity index (χ3n) is 3.75. The number of anilines is 1. The van der Waals surface area contributed by atoms with Gasteiger partial charge in [0.1, 0.15) is 11.3 Å². The summed E-state index contributed by atoms with van der Waals surface area (Å²) in [6.07, 6.45) is 3.50. The van der Waals surface area contributed by atoms with E-state index in [9.17, 15) is 4.79 Å². The van der Waals surface area contributed by atoms with Crippen LogP contribution in [0.15, 0.2) is 22.6 Å². The number of nitrogens with zero attached hydrogens (tertiary/aromatic N) is 1. The number of carbonyl (C=O) groups is 1. The number of rotatable bonds is 3. The van der Waals surface area contributed by atoms with E-state index in [-0.39, 0.29) is 0 Å². The van der Waals surface area contributed by atoms with Gasteiger partial charge >= 0.3 is 0 Å². The molecule has 1 heterocycles. The van der Waals surface area contributed by atoms with Gasteiger partial charge in [-0.05, 0) is 30.9 Å². The predicted octanol–water partition coefficient (Wildman–Crippen LogP) is 3.31. The first kappa shape index (κ1) is 12.2. The molecule has 0 saturated heterocycles. The van der Waals surface area contributed by atoms with E-state index >= 15 is 0 Å². The highest BCUT2D eigenvalue weighted by molar-refractivity contribution is 5.79. The van der Waals surface area contributed by atoms with Crippen molar-refractivity contribution in [3.63, 3.8) is 0 Å². The van der Waals surface area contributed by atoms with Gasteiger partial charge in [0, 0.05) is 38.1 Å². The normalized spacial score (nSPS) is 17.0. The number of aromatic nitrogens is 1. The Hall–Kier alpha value is -1.84. The zero-order chi connectivity index (χ0) is 13.2. The Labute approximate surface area is 112 Å². The molecule has 19 heavy (non-hydrogen) atoms. The maximum atomic E-state index is 11.2. The lowest BCUT2D eigenvalue weighted by atomic mass is 9.88. The molecule has 100 valence electrons. The van der Waals surface area contributed by atoms with Gasteiger partial charge in [-0.1, -0.05) is 0 Å². The highest BCUT2D eigenvalue weighted by Gasteiger charge is 2.18. The van der Waals surface area contributed by atoms with E-state index in [4.69, 9.17) is 4.42 Å². The Morgan fingerprint density at radius 2 is 2.16 bits per heavy atom. The summed E-state index contributed by atoms with van der Waals surface area (Å²) in [5.74, 6) is 1.71. The van der Waals surface area contributed by atoms with Gasteiger partial charge in [0.15, 0.2) is 11.5 Å². The second-order valence-electron chi connectivity index (χ2n) is 5.28. The van der Waals surface area contributed by atoms with Gasteiger partial charge in [0.05, 0.1) is 0 Å². The van der Waals surface area contributed by atoms with Crippen molar-refractivity contribution in [3.8, 4) is 0 Å². The Balaban J connectivity index is 1.63. The average Bonchev–Trinajstić information content (AvgIpc) is 2.77. The Kier molecular flexibility index (Phi) is 3.23. The Morgan fingerprint density at radius 1 is 1.37 bits per heavy atom. The zero-order valence-electron chi connectivity index (χ0n) is 11.1. The first-order chi connectivity index (χ1) is 9.20. The predicted molar refractivity (Wildman–Crippen MR) is 74.2 cm³/mol. The van der Waals surface area contributed by atoms with Crippen LogP contribution in [0.3, 0.4) is 0 Å². The van der Waals surface area contributed by atoms with Crippen LogP contribution in [-0.2, 0) is 4.79 Å². The minimum Gasteiger partial charge on any atom is -0.441 e. The number of carbonyl (C=O) groups excluding carboxylic acids is 1. The topological polar surface area (TPSA) is 55.1 Å². The van der Waals surface area contributed by atoms with Gasteiger partial charge in [-0.15, -0.1) is 0 Å². The highest BCUT2D eigenvalue weighted by Crippen LogP contribution is 2.23. The number of aryl methyl sites for hydroxylation is 1. The van der Waals surface area contributed by atoms with Crippen LogP contribution in [0.4, 0.5) is 5.69 Å². The first-order valence-electron chi connectivity index (χ1n) is 6.83. The van der Waals surface area contributed by atoms with Crippen LogP contribution < -0.4 is 5.32 Å². The number of benzene rings is 1. The van der Waals surface area contributed by atoms with Crippen molar-refractivity contribution in [1.29, 1.82) is 0 Å². The van der Waals surface area contributed by atoms with Crippen molar-refractivity contribution in [2.75, 3.05) is 11.9 Å². The summed E-state index contributed by atoms with van der Waals surface area (Å²) < 4.78 is 5.52. The monoisotopic (exact) mass is 258 g/mol. The molecule has 0 radical (unpaired) electrons. The van der Waals surface area contributed by atoms with Crippen molar-refractivity contribution in [3.05, 3.63) is 24.1 Å². The molecule has 2 aromatic rings. The lowest BCUT2D eigenvalue weighted by molar-refractivity contribution is -0.120. The van der Waals surface area contributed by atoms with Gasteiger partial charge < -0.3 is 9.73 Å². The molecule has 4 nitrogen and oxygen atoms in total. The van der Waals surface area contributed by atoms with E-state index in [2.05, 4.69) is 10.3 Å². The summed E-state index contributed by atoms with van der Waals surface area (Å²) in [6, 6.07) is 5.99. The number of ketones is 1. The quantitative estimate of drug-likeness (QED) is 0.917. The number of hydrogen-bond acceptors (Lipinski definition) is 4. The molecule has 0 bridgehead atoms. The van der Waals surface area contributed by atoms with Crippen molar-refractivity contribution < 1.29 is 9.21 Å². The number of fused-ring (bicyclic) bond motifs is 1. The molecule has 1 aromatic heterocycles. The summed E-state index contributed by atoms with van der Waals surface area (Å²) >= 11 is 0. The molecule has 0 unspecified atom stereocenters. The molecule has 1 fully saturated rings. The fourth-order valence-electron chi connectivity index (χ4n) is 2.62. The molecule has 1 aromatic carbocycles. The minimum absolute atomic E-state index is 0.412. The molecule has 1 aliphatic rings. The largest absolute Gasteiger partial charge is 0.441 e. The van der Waals surface area contributed by atoms with Crippen LogP contribution in [0.5, 0.6) is 0 Å². The molecule has 0 spiro atoms. The third kappa shape index (κ3) is 2.78. The van der Waals surface area contributed by atoms with Gasteiger partial charge in [0.2, 0.25) is 0 Å². The molecular formula is C15H18N2O2. The smallest absolute Gasteiger partial charge is 0.192 e. The summed E-state index contributed by atoms with van der Waals surface area (Å²) in [7, 11) is 0. The standard InChI is InChI=1S/C15H18N2O2/c1-10-17-14-7-4-12(8-15(14)19-10)16-9-11-2-5-13(18)6-3-11/h4,7-8,11,16H,2-3,5-6,9H2,1H3. The number of Topliss-reactive ketones (excluding diaryl/α,β-unsaturated/α-hetero) is 1. The van der Waals surface area contributed by atoms with Gasteiger partial charge in [-0.25, -0.2) is 4.98 Å². The molecule has 1 N–H and O–H groups in total. The summed E-state index contributed by atoms with van der Waals surface area (Å²) in [6.45, 7) is 2.78. The van der Waals surface area contributed by atoms with E-state index in [1.165, 1.54) is 0 Å². The van der Waals surface area contributed by atoms with E-state index in [0.29, 0.717) is 17.6 Å². The fraction of sp³-hybridized carbons (Fsp3) is 0.467. The molecule has 3 rings (SSSR count). The van der Waals surface area contributed by atoms with E-state index < -0.39 is 0 Å². The van der Waals surface area contributed by atoms with Crippen LogP contribution in [0.25, 0.3) is 11.1 Å². The van der Waals surface area contributed by atoms with Crippen molar-refractivity contribution >= 4 is 22.6 Å². The van der Waals surface area contributed by atoms with E-state index in [1.54, 1.807) is 0 Å². The number of oxazole rings is 1. The SMILES string of the molecule is Cc1nc2ccc(NCC3CCC(=O)CC3)cc2o1. The van der Waals surface area contributed by atoms with Crippen LogP contribution in [0.2, 0.25) is 0 Å². The Bertz CT molecular complexity index is 593. The fourth-order valence-corrected chi connectivity index (χ4v) is 2.62. The lowest BCUT2D eigenvalue weighted by Gasteiger charge is -2.21. The van der Waals surface area contributed by atoms with Crippen molar-refractivity contribution in [1.82, 2.24) is 4.98 Å². The second-order valence-corrected chi connectivity index (χ2v) is 5.28. The van der Waals surface area contributed by atoms with Crippen LogP contribution in [0, 0.1) is 12.8 Å². The molecule has 0 aliphatic heterocycles. The summed E-state index contributed by atoms with van der Waals surface area (Å²) in [5.41, 5.74) is 2.77. The molecule has 4 heteroatoms. The van der Waals surface area contributed by atoms with Gasteiger partial charge in [-0.3, -0.25) is 4.79 Å². The maximum Gasteiger partial charge on any atom is 0.192 e. The number of hydrogen-bond donors (Lipinski definition) is 1.